The lowest BCUT2D eigenvalue weighted by atomic mass is 10.2. The predicted octanol–water partition coefficient (Wildman–Crippen LogP) is 4.27. The van der Waals surface area contributed by atoms with E-state index in [2.05, 4.69) is 43.4 Å². The lowest BCUT2D eigenvalue weighted by molar-refractivity contribution is 0.306. The molecule has 0 bridgehead atoms. The van der Waals surface area contributed by atoms with E-state index in [-0.39, 0.29) is 0 Å². The molecule has 1 aromatic rings. The minimum Gasteiger partial charge on any atom is -0.494 e. The van der Waals surface area contributed by atoms with Gasteiger partial charge in [0, 0.05) is 6.54 Å². The average Bonchev–Trinajstić information content (AvgIpc) is 2.45. The van der Waals surface area contributed by atoms with Gasteiger partial charge in [0.1, 0.15) is 5.75 Å². The Balaban J connectivity index is 2.26. The van der Waals surface area contributed by atoms with Gasteiger partial charge in [-0.25, -0.2) is 0 Å². The van der Waals surface area contributed by atoms with E-state index in [1.807, 2.05) is 12.1 Å². The first kappa shape index (κ1) is 15.8. The van der Waals surface area contributed by atoms with Gasteiger partial charge >= 0.3 is 0 Å². The van der Waals surface area contributed by atoms with Crippen LogP contribution >= 0.6 is 0 Å². The molecule has 0 fully saturated rings. The molecule has 0 saturated heterocycles. The number of hydrogen-bond acceptors (Lipinski definition) is 2. The van der Waals surface area contributed by atoms with Crippen LogP contribution in [0, 0.1) is 0 Å². The maximum Gasteiger partial charge on any atom is 0.119 e. The van der Waals surface area contributed by atoms with Gasteiger partial charge in [-0.15, -0.1) is 0 Å². The van der Waals surface area contributed by atoms with Crippen LogP contribution in [0.4, 0.5) is 0 Å². The van der Waals surface area contributed by atoms with E-state index < -0.39 is 0 Å². The summed E-state index contributed by atoms with van der Waals surface area (Å²) in [4.78, 5) is 0. The molecule has 0 aliphatic carbocycles. The Morgan fingerprint density at radius 3 is 2.53 bits per heavy atom. The molecular formula is C17H27NO. The highest BCUT2D eigenvalue weighted by atomic mass is 16.5. The molecule has 0 saturated carbocycles. The van der Waals surface area contributed by atoms with Crippen molar-refractivity contribution < 1.29 is 4.74 Å². The fourth-order valence-corrected chi connectivity index (χ4v) is 1.77. The monoisotopic (exact) mass is 261 g/mol. The fourth-order valence-electron chi connectivity index (χ4n) is 1.77. The molecule has 1 N–H and O–H groups in total. The van der Waals surface area contributed by atoms with Crippen LogP contribution < -0.4 is 10.1 Å². The third-order valence-electron chi connectivity index (χ3n) is 2.90. The van der Waals surface area contributed by atoms with Crippen molar-refractivity contribution in [3.8, 4) is 5.75 Å². The highest BCUT2D eigenvalue weighted by molar-refractivity contribution is 5.50. The van der Waals surface area contributed by atoms with E-state index in [0.29, 0.717) is 0 Å². The molecule has 0 heterocycles. The van der Waals surface area contributed by atoms with Crippen LogP contribution in [-0.4, -0.2) is 19.7 Å². The van der Waals surface area contributed by atoms with Gasteiger partial charge in [-0.1, -0.05) is 51.0 Å². The van der Waals surface area contributed by atoms with Crippen molar-refractivity contribution in [2.75, 3.05) is 19.7 Å². The summed E-state index contributed by atoms with van der Waals surface area (Å²) in [6.45, 7) is 7.22. The van der Waals surface area contributed by atoms with Crippen molar-refractivity contribution in [1.29, 1.82) is 0 Å². The number of nitrogens with one attached hydrogen (secondary N) is 1. The zero-order valence-electron chi connectivity index (χ0n) is 12.3. The van der Waals surface area contributed by atoms with Gasteiger partial charge in [0.2, 0.25) is 0 Å². The lowest BCUT2D eigenvalue weighted by Crippen LogP contribution is -2.13. The SMILES string of the molecule is CCCCCOc1ccc(C=CCNCCC)cc1. The molecule has 2 nitrogen and oxygen atoms in total. The smallest absolute Gasteiger partial charge is 0.119 e. The van der Waals surface area contributed by atoms with Crippen molar-refractivity contribution in [3.05, 3.63) is 35.9 Å². The Bertz CT molecular complexity index is 343. The molecule has 0 unspecified atom stereocenters. The van der Waals surface area contributed by atoms with E-state index in [1.54, 1.807) is 0 Å². The molecule has 2 heteroatoms. The second kappa shape index (κ2) is 10.6. The second-order valence-electron chi connectivity index (χ2n) is 4.73. The van der Waals surface area contributed by atoms with Gasteiger partial charge in [-0.2, -0.15) is 0 Å². The van der Waals surface area contributed by atoms with Crippen LogP contribution in [0.5, 0.6) is 5.75 Å². The molecule has 1 aromatic carbocycles. The van der Waals surface area contributed by atoms with Crippen LogP contribution in [0.15, 0.2) is 30.3 Å². The Labute approximate surface area is 117 Å². The van der Waals surface area contributed by atoms with Crippen molar-refractivity contribution in [1.82, 2.24) is 5.32 Å². The number of benzene rings is 1. The van der Waals surface area contributed by atoms with Crippen LogP contribution in [0.3, 0.4) is 0 Å². The minimum atomic E-state index is 0.823. The molecule has 0 radical (unpaired) electrons. The number of unbranched alkanes of at least 4 members (excludes halogenated alkanes) is 2. The molecule has 0 aromatic heterocycles. The molecule has 0 spiro atoms. The topological polar surface area (TPSA) is 21.3 Å². The summed E-state index contributed by atoms with van der Waals surface area (Å²) in [6, 6.07) is 8.30. The maximum atomic E-state index is 5.68. The van der Waals surface area contributed by atoms with Crippen LogP contribution in [0.2, 0.25) is 0 Å². The Morgan fingerprint density at radius 1 is 1.05 bits per heavy atom. The summed E-state index contributed by atoms with van der Waals surface area (Å²) in [7, 11) is 0. The molecule has 0 amide bonds. The Hall–Kier alpha value is -1.28. The molecule has 1 rings (SSSR count). The second-order valence-corrected chi connectivity index (χ2v) is 4.73. The van der Waals surface area contributed by atoms with E-state index in [4.69, 9.17) is 4.74 Å². The highest BCUT2D eigenvalue weighted by Gasteiger charge is 1.93. The summed E-state index contributed by atoms with van der Waals surface area (Å²) in [5.41, 5.74) is 1.22. The average molecular weight is 261 g/mol. The van der Waals surface area contributed by atoms with E-state index in [1.165, 1.54) is 24.8 Å². The van der Waals surface area contributed by atoms with E-state index in [0.717, 1.165) is 31.9 Å². The van der Waals surface area contributed by atoms with Crippen molar-refractivity contribution in [2.24, 2.45) is 0 Å². The first-order valence-corrected chi connectivity index (χ1v) is 7.47. The lowest BCUT2D eigenvalue weighted by Gasteiger charge is -2.05. The third-order valence-corrected chi connectivity index (χ3v) is 2.90. The Morgan fingerprint density at radius 2 is 1.84 bits per heavy atom. The molecule has 106 valence electrons. The molecule has 19 heavy (non-hydrogen) atoms. The Kier molecular flexibility index (Phi) is 8.82. The maximum absolute atomic E-state index is 5.68. The molecule has 0 aliphatic heterocycles. The number of hydrogen-bond donors (Lipinski definition) is 1. The van der Waals surface area contributed by atoms with Gasteiger partial charge in [0.25, 0.3) is 0 Å². The zero-order valence-corrected chi connectivity index (χ0v) is 12.3. The summed E-state index contributed by atoms with van der Waals surface area (Å²) < 4.78 is 5.68. The minimum absolute atomic E-state index is 0.823. The van der Waals surface area contributed by atoms with Gasteiger partial charge in [0.15, 0.2) is 0 Å². The van der Waals surface area contributed by atoms with Gasteiger partial charge in [0.05, 0.1) is 6.61 Å². The van der Waals surface area contributed by atoms with Crippen molar-refractivity contribution in [3.63, 3.8) is 0 Å². The first-order valence-electron chi connectivity index (χ1n) is 7.47. The standard InChI is InChI=1S/C17H27NO/c1-3-5-6-15-19-17-11-9-16(10-12-17)8-7-14-18-13-4-2/h7-12,18H,3-6,13-15H2,1-2H3. The third kappa shape index (κ3) is 7.68. The summed E-state index contributed by atoms with van der Waals surface area (Å²) in [5, 5.41) is 3.35. The van der Waals surface area contributed by atoms with Crippen molar-refractivity contribution >= 4 is 6.08 Å². The highest BCUT2D eigenvalue weighted by Crippen LogP contribution is 2.13. The van der Waals surface area contributed by atoms with E-state index >= 15 is 0 Å². The summed E-state index contributed by atoms with van der Waals surface area (Å²) in [6.07, 6.45) is 9.10. The largest absolute Gasteiger partial charge is 0.494 e. The molecular weight excluding hydrogens is 234 g/mol. The number of rotatable bonds is 10. The number of ether oxygens (including phenoxy) is 1. The van der Waals surface area contributed by atoms with Gasteiger partial charge in [-0.05, 0) is 37.1 Å². The quantitative estimate of drug-likeness (QED) is 0.635. The van der Waals surface area contributed by atoms with Gasteiger partial charge < -0.3 is 10.1 Å². The first-order chi connectivity index (χ1) is 9.36. The van der Waals surface area contributed by atoms with E-state index in [9.17, 15) is 0 Å². The van der Waals surface area contributed by atoms with Crippen LogP contribution in [-0.2, 0) is 0 Å². The molecule has 0 atom stereocenters. The summed E-state index contributed by atoms with van der Waals surface area (Å²) in [5.74, 6) is 0.970. The van der Waals surface area contributed by atoms with Crippen molar-refractivity contribution in [2.45, 2.75) is 39.5 Å². The summed E-state index contributed by atoms with van der Waals surface area (Å²) >= 11 is 0. The van der Waals surface area contributed by atoms with Crippen LogP contribution in [0.1, 0.15) is 45.1 Å². The normalized spacial score (nSPS) is 11.1. The zero-order chi connectivity index (χ0) is 13.8. The fraction of sp³-hybridized carbons (Fsp3) is 0.529. The predicted molar refractivity (Wildman–Crippen MR) is 83.7 cm³/mol. The van der Waals surface area contributed by atoms with Crippen LogP contribution in [0.25, 0.3) is 6.08 Å². The van der Waals surface area contributed by atoms with Gasteiger partial charge in [-0.3, -0.25) is 0 Å². The molecule has 0 aliphatic rings.